The Morgan fingerprint density at radius 3 is 2.61 bits per heavy atom. The van der Waals surface area contributed by atoms with Gasteiger partial charge in [-0.1, -0.05) is 13.8 Å². The van der Waals surface area contributed by atoms with Crippen molar-refractivity contribution in [3.05, 3.63) is 0 Å². The van der Waals surface area contributed by atoms with Gasteiger partial charge in [-0.25, -0.2) is 0 Å². The van der Waals surface area contributed by atoms with Crippen LogP contribution >= 0.6 is 0 Å². The summed E-state index contributed by atoms with van der Waals surface area (Å²) < 4.78 is 11.9. The molecular weight excluding hydrogens is 230 g/mol. The molecule has 3 aliphatic rings. The van der Waals surface area contributed by atoms with Crippen molar-refractivity contribution in [2.45, 2.75) is 38.9 Å². The number of nitrogens with zero attached hydrogens (tertiary/aromatic N) is 1. The number of likely N-dealkylation sites (tertiary alicyclic amines) is 1. The second kappa shape index (κ2) is 3.94. The highest BCUT2D eigenvalue weighted by Crippen LogP contribution is 2.56. The molecule has 0 aromatic rings. The maximum atomic E-state index is 12.2. The summed E-state index contributed by atoms with van der Waals surface area (Å²) in [6.45, 7) is 6.66. The van der Waals surface area contributed by atoms with E-state index in [-0.39, 0.29) is 23.2 Å². The zero-order chi connectivity index (χ0) is 13.0. The molecule has 0 aromatic heterocycles. The SMILES string of the molecule is CN1CCC[C@@H]([C@H]2CC23OCC(C)(C)CO3)C1=O. The first-order chi connectivity index (χ1) is 8.44. The van der Waals surface area contributed by atoms with Gasteiger partial charge < -0.3 is 14.4 Å². The van der Waals surface area contributed by atoms with Gasteiger partial charge in [0.1, 0.15) is 0 Å². The Kier molecular flexibility index (Phi) is 2.72. The van der Waals surface area contributed by atoms with Crippen LogP contribution in [0.3, 0.4) is 0 Å². The van der Waals surface area contributed by atoms with Crippen LogP contribution in [0.4, 0.5) is 0 Å². The number of ether oxygens (including phenoxy) is 2. The lowest BCUT2D eigenvalue weighted by Gasteiger charge is -2.37. The Balaban J connectivity index is 1.65. The van der Waals surface area contributed by atoms with Gasteiger partial charge in [-0.15, -0.1) is 0 Å². The largest absolute Gasteiger partial charge is 0.349 e. The van der Waals surface area contributed by atoms with Crippen molar-refractivity contribution in [1.82, 2.24) is 4.90 Å². The summed E-state index contributed by atoms with van der Waals surface area (Å²) in [6.07, 6.45) is 2.99. The van der Waals surface area contributed by atoms with Crippen LogP contribution in [0.1, 0.15) is 33.1 Å². The average Bonchev–Trinajstić information content (AvgIpc) is 3.02. The van der Waals surface area contributed by atoms with Crippen LogP contribution in [0.15, 0.2) is 0 Å². The van der Waals surface area contributed by atoms with E-state index < -0.39 is 5.79 Å². The van der Waals surface area contributed by atoms with Crippen molar-refractivity contribution in [1.29, 1.82) is 0 Å². The highest BCUT2D eigenvalue weighted by Gasteiger charge is 2.64. The molecule has 18 heavy (non-hydrogen) atoms. The van der Waals surface area contributed by atoms with Crippen LogP contribution < -0.4 is 0 Å². The van der Waals surface area contributed by atoms with E-state index in [2.05, 4.69) is 13.8 Å². The van der Waals surface area contributed by atoms with Gasteiger partial charge in [-0.05, 0) is 12.8 Å². The monoisotopic (exact) mass is 253 g/mol. The fourth-order valence-electron chi connectivity index (χ4n) is 3.19. The van der Waals surface area contributed by atoms with Crippen LogP contribution in [0.2, 0.25) is 0 Å². The number of hydrogen-bond donors (Lipinski definition) is 0. The number of hydrogen-bond acceptors (Lipinski definition) is 3. The van der Waals surface area contributed by atoms with Crippen LogP contribution in [0.25, 0.3) is 0 Å². The van der Waals surface area contributed by atoms with Crippen LogP contribution in [0.5, 0.6) is 0 Å². The second-order valence-corrected chi connectivity index (χ2v) is 6.87. The molecule has 2 saturated heterocycles. The van der Waals surface area contributed by atoms with Gasteiger partial charge in [0, 0.05) is 37.3 Å². The standard InChI is InChI=1S/C14H23NO3/c1-13(2)8-17-14(18-9-13)7-11(14)10-5-4-6-15(3)12(10)16/h10-11H,4-9H2,1-3H3/t10-,11+/m0/s1. The second-order valence-electron chi connectivity index (χ2n) is 6.87. The number of piperidine rings is 1. The number of rotatable bonds is 1. The molecule has 0 radical (unpaired) electrons. The minimum atomic E-state index is -0.423. The Morgan fingerprint density at radius 1 is 1.28 bits per heavy atom. The lowest BCUT2D eigenvalue weighted by Crippen LogP contribution is -2.44. The number of carbonyl (C=O) groups is 1. The normalized spacial score (nSPS) is 37.9. The van der Waals surface area contributed by atoms with Gasteiger partial charge in [0.2, 0.25) is 5.91 Å². The predicted molar refractivity (Wildman–Crippen MR) is 66.9 cm³/mol. The molecule has 1 spiro atoms. The maximum absolute atomic E-state index is 12.2. The molecule has 0 unspecified atom stereocenters. The van der Waals surface area contributed by atoms with Crippen molar-refractivity contribution in [3.63, 3.8) is 0 Å². The topological polar surface area (TPSA) is 38.8 Å². The van der Waals surface area contributed by atoms with E-state index in [0.29, 0.717) is 0 Å². The Bertz CT molecular complexity index is 356. The molecular formula is C14H23NO3. The molecule has 0 aromatic carbocycles. The number of amides is 1. The third-order valence-electron chi connectivity index (χ3n) is 4.51. The highest BCUT2D eigenvalue weighted by molar-refractivity contribution is 5.80. The minimum absolute atomic E-state index is 0.103. The molecule has 1 saturated carbocycles. The van der Waals surface area contributed by atoms with Crippen molar-refractivity contribution < 1.29 is 14.3 Å². The van der Waals surface area contributed by atoms with Crippen LogP contribution in [-0.2, 0) is 14.3 Å². The summed E-state index contributed by atoms with van der Waals surface area (Å²) in [4.78, 5) is 14.0. The fourth-order valence-corrected chi connectivity index (χ4v) is 3.19. The van der Waals surface area contributed by atoms with E-state index in [9.17, 15) is 4.79 Å². The van der Waals surface area contributed by atoms with Crippen molar-refractivity contribution in [3.8, 4) is 0 Å². The number of carbonyl (C=O) groups excluding carboxylic acids is 1. The Labute approximate surface area is 109 Å². The van der Waals surface area contributed by atoms with E-state index in [1.165, 1.54) is 0 Å². The maximum Gasteiger partial charge on any atom is 0.225 e. The van der Waals surface area contributed by atoms with Gasteiger partial charge >= 0.3 is 0 Å². The fraction of sp³-hybridized carbons (Fsp3) is 0.929. The smallest absolute Gasteiger partial charge is 0.225 e. The summed E-state index contributed by atoms with van der Waals surface area (Å²) in [5.74, 6) is 0.252. The molecule has 3 rings (SSSR count). The first-order valence-electron chi connectivity index (χ1n) is 6.96. The van der Waals surface area contributed by atoms with E-state index in [1.54, 1.807) is 0 Å². The van der Waals surface area contributed by atoms with Crippen LogP contribution in [-0.4, -0.2) is 43.4 Å². The van der Waals surface area contributed by atoms with Crippen molar-refractivity contribution in [2.75, 3.05) is 26.8 Å². The molecule has 0 N–H and O–H groups in total. The molecule has 0 bridgehead atoms. The van der Waals surface area contributed by atoms with Gasteiger partial charge in [0.15, 0.2) is 5.79 Å². The van der Waals surface area contributed by atoms with Gasteiger partial charge in [0.05, 0.1) is 13.2 Å². The third kappa shape index (κ3) is 1.95. The third-order valence-corrected chi connectivity index (χ3v) is 4.51. The molecule has 2 aliphatic heterocycles. The summed E-state index contributed by atoms with van der Waals surface area (Å²) in [6, 6.07) is 0. The van der Waals surface area contributed by atoms with E-state index >= 15 is 0 Å². The summed E-state index contributed by atoms with van der Waals surface area (Å²) in [7, 11) is 1.90. The Hall–Kier alpha value is -0.610. The van der Waals surface area contributed by atoms with Crippen molar-refractivity contribution >= 4 is 5.91 Å². The zero-order valence-electron chi connectivity index (χ0n) is 11.6. The molecule has 1 aliphatic carbocycles. The quantitative estimate of drug-likeness (QED) is 0.713. The molecule has 4 nitrogen and oxygen atoms in total. The zero-order valence-corrected chi connectivity index (χ0v) is 11.6. The lowest BCUT2D eigenvalue weighted by molar-refractivity contribution is -0.253. The van der Waals surface area contributed by atoms with E-state index in [0.717, 1.165) is 39.0 Å². The predicted octanol–water partition coefficient (Wildman–Crippen LogP) is 1.64. The lowest BCUT2D eigenvalue weighted by atomic mass is 9.91. The summed E-state index contributed by atoms with van der Waals surface area (Å²) in [5, 5.41) is 0. The van der Waals surface area contributed by atoms with Gasteiger partial charge in [0.25, 0.3) is 0 Å². The van der Waals surface area contributed by atoms with Gasteiger partial charge in [-0.3, -0.25) is 4.79 Å². The minimum Gasteiger partial charge on any atom is -0.349 e. The first kappa shape index (κ1) is 12.4. The molecule has 1 amide bonds. The van der Waals surface area contributed by atoms with Crippen molar-refractivity contribution in [2.24, 2.45) is 17.3 Å². The average molecular weight is 253 g/mol. The van der Waals surface area contributed by atoms with Gasteiger partial charge in [-0.2, -0.15) is 0 Å². The summed E-state index contributed by atoms with van der Waals surface area (Å²) in [5.41, 5.74) is 0.103. The van der Waals surface area contributed by atoms with E-state index in [1.807, 2.05) is 11.9 Å². The molecule has 4 heteroatoms. The molecule has 2 heterocycles. The molecule has 3 fully saturated rings. The van der Waals surface area contributed by atoms with Crippen LogP contribution in [0, 0.1) is 17.3 Å². The highest BCUT2D eigenvalue weighted by atomic mass is 16.7. The first-order valence-corrected chi connectivity index (χ1v) is 6.96. The Morgan fingerprint density at radius 2 is 1.94 bits per heavy atom. The summed E-state index contributed by atoms with van der Waals surface area (Å²) >= 11 is 0. The molecule has 102 valence electrons. The van der Waals surface area contributed by atoms with E-state index in [4.69, 9.17) is 9.47 Å². The molecule has 2 atom stereocenters.